The van der Waals surface area contributed by atoms with Crippen LogP contribution in [0.3, 0.4) is 0 Å². The maximum absolute atomic E-state index is 11.5. The summed E-state index contributed by atoms with van der Waals surface area (Å²) in [6.07, 6.45) is 0. The van der Waals surface area contributed by atoms with Gasteiger partial charge in [-0.2, -0.15) is 0 Å². The third-order valence-corrected chi connectivity index (χ3v) is 2.61. The molecule has 2 rings (SSSR count). The van der Waals surface area contributed by atoms with Crippen molar-refractivity contribution in [3.8, 4) is 0 Å². The van der Waals surface area contributed by atoms with Crippen molar-refractivity contribution in [2.75, 3.05) is 7.11 Å². The Morgan fingerprint density at radius 2 is 2.06 bits per heavy atom. The number of nitrogens with zero attached hydrogens (tertiary/aromatic N) is 1. The summed E-state index contributed by atoms with van der Waals surface area (Å²) in [4.78, 5) is 29.8. The molecule has 0 saturated carbocycles. The van der Waals surface area contributed by atoms with Crippen molar-refractivity contribution < 1.29 is 9.53 Å². The number of rotatable bonds is 1. The Kier molecular flexibility index (Phi) is 2.67. The Labute approximate surface area is 97.4 Å². The van der Waals surface area contributed by atoms with Gasteiger partial charge in [0.05, 0.1) is 23.7 Å². The molecule has 0 radical (unpaired) electrons. The highest BCUT2D eigenvalue weighted by Gasteiger charge is 2.11. The first-order valence-electron chi connectivity index (χ1n) is 5.12. The van der Waals surface area contributed by atoms with Crippen LogP contribution in [0.5, 0.6) is 0 Å². The minimum absolute atomic E-state index is 0.253. The van der Waals surface area contributed by atoms with Crippen LogP contribution in [0.2, 0.25) is 0 Å². The number of aromatic amines is 1. The number of carbonyl (C=O) groups excluding carboxylic acids is 1. The second-order valence-corrected chi connectivity index (χ2v) is 3.83. The molecule has 0 aliphatic heterocycles. The smallest absolute Gasteiger partial charge is 0.338 e. The van der Waals surface area contributed by atoms with E-state index in [1.165, 1.54) is 7.11 Å². The number of aromatic nitrogens is 2. The minimum atomic E-state index is -0.425. The Morgan fingerprint density at radius 1 is 1.35 bits per heavy atom. The number of fused-ring (bicyclic) bond motifs is 1. The molecule has 1 aromatic carbocycles. The summed E-state index contributed by atoms with van der Waals surface area (Å²) in [7, 11) is 1.32. The van der Waals surface area contributed by atoms with Gasteiger partial charge in [0.2, 0.25) is 0 Å². The predicted molar refractivity (Wildman–Crippen MR) is 63.2 cm³/mol. The maximum Gasteiger partial charge on any atom is 0.338 e. The van der Waals surface area contributed by atoms with Gasteiger partial charge in [-0.05, 0) is 31.5 Å². The molecule has 17 heavy (non-hydrogen) atoms. The lowest BCUT2D eigenvalue weighted by molar-refractivity contribution is 0.0600. The second kappa shape index (κ2) is 4.01. The van der Waals surface area contributed by atoms with Crippen LogP contribution in [-0.4, -0.2) is 23.0 Å². The summed E-state index contributed by atoms with van der Waals surface area (Å²) in [5.74, 6) is -0.425. The van der Waals surface area contributed by atoms with E-state index in [0.717, 1.165) is 5.56 Å². The summed E-state index contributed by atoms with van der Waals surface area (Å²) in [6, 6.07) is 3.34. The van der Waals surface area contributed by atoms with Crippen LogP contribution in [0.1, 0.15) is 21.6 Å². The molecule has 2 aromatic rings. The van der Waals surface area contributed by atoms with E-state index in [9.17, 15) is 9.59 Å². The molecule has 0 spiro atoms. The fourth-order valence-electron chi connectivity index (χ4n) is 1.66. The SMILES string of the molecule is COC(=O)c1cc2[nH]c(=O)c(C)nc2cc1C. The molecule has 88 valence electrons. The largest absolute Gasteiger partial charge is 0.465 e. The molecule has 0 bridgehead atoms. The van der Waals surface area contributed by atoms with E-state index in [1.54, 1.807) is 26.0 Å². The number of hydrogen-bond acceptors (Lipinski definition) is 4. The molecule has 0 fully saturated rings. The van der Waals surface area contributed by atoms with Gasteiger partial charge in [0.1, 0.15) is 5.69 Å². The average molecular weight is 232 g/mol. The molecule has 1 N–H and O–H groups in total. The van der Waals surface area contributed by atoms with Gasteiger partial charge in [0, 0.05) is 0 Å². The Morgan fingerprint density at radius 3 is 2.71 bits per heavy atom. The fraction of sp³-hybridized carbons (Fsp3) is 0.250. The van der Waals surface area contributed by atoms with Crippen molar-refractivity contribution in [1.82, 2.24) is 9.97 Å². The monoisotopic (exact) mass is 232 g/mol. The highest BCUT2D eigenvalue weighted by Crippen LogP contribution is 2.16. The fourth-order valence-corrected chi connectivity index (χ4v) is 1.66. The first-order chi connectivity index (χ1) is 8.02. The quantitative estimate of drug-likeness (QED) is 0.753. The van der Waals surface area contributed by atoms with E-state index in [4.69, 9.17) is 0 Å². The standard InChI is InChI=1S/C12H12N2O3/c1-6-4-9-10(5-8(6)12(16)17-3)14-11(15)7(2)13-9/h4-5H,1-3H3,(H,14,15). The third kappa shape index (κ3) is 1.91. The van der Waals surface area contributed by atoms with E-state index in [0.29, 0.717) is 22.3 Å². The molecule has 0 amide bonds. The lowest BCUT2D eigenvalue weighted by Gasteiger charge is -2.06. The van der Waals surface area contributed by atoms with Gasteiger partial charge in [-0.3, -0.25) is 4.79 Å². The molecular formula is C12H12N2O3. The zero-order valence-corrected chi connectivity index (χ0v) is 9.83. The number of H-pyrrole nitrogens is 1. The maximum atomic E-state index is 11.5. The topological polar surface area (TPSA) is 72.1 Å². The molecule has 0 saturated heterocycles. The van der Waals surface area contributed by atoms with Crippen LogP contribution in [0.15, 0.2) is 16.9 Å². The van der Waals surface area contributed by atoms with Crippen LogP contribution in [0.25, 0.3) is 11.0 Å². The number of benzene rings is 1. The van der Waals surface area contributed by atoms with Gasteiger partial charge in [0.15, 0.2) is 0 Å². The first kappa shape index (κ1) is 11.3. The van der Waals surface area contributed by atoms with E-state index < -0.39 is 5.97 Å². The summed E-state index contributed by atoms with van der Waals surface area (Å²) in [6.45, 7) is 3.44. The van der Waals surface area contributed by atoms with Gasteiger partial charge in [0.25, 0.3) is 5.56 Å². The molecule has 1 aromatic heterocycles. The highest BCUT2D eigenvalue weighted by atomic mass is 16.5. The van der Waals surface area contributed by atoms with E-state index >= 15 is 0 Å². The van der Waals surface area contributed by atoms with E-state index in [2.05, 4.69) is 14.7 Å². The lowest BCUT2D eigenvalue weighted by Crippen LogP contribution is -2.12. The van der Waals surface area contributed by atoms with Crippen molar-refractivity contribution >= 4 is 17.0 Å². The zero-order chi connectivity index (χ0) is 12.6. The molecule has 0 unspecified atom stereocenters. The van der Waals surface area contributed by atoms with Gasteiger partial charge in [-0.25, -0.2) is 9.78 Å². The Balaban J connectivity index is 2.76. The van der Waals surface area contributed by atoms with Crippen LogP contribution < -0.4 is 5.56 Å². The molecule has 0 aliphatic rings. The Bertz CT molecular complexity index is 659. The molecule has 0 aliphatic carbocycles. The second-order valence-electron chi connectivity index (χ2n) is 3.83. The number of carbonyl (C=O) groups is 1. The van der Waals surface area contributed by atoms with E-state index in [-0.39, 0.29) is 5.56 Å². The molecule has 1 heterocycles. The summed E-state index contributed by atoms with van der Waals surface area (Å²) in [5, 5.41) is 0. The summed E-state index contributed by atoms with van der Waals surface area (Å²) < 4.78 is 4.67. The van der Waals surface area contributed by atoms with Crippen LogP contribution in [0, 0.1) is 13.8 Å². The van der Waals surface area contributed by atoms with Crippen molar-refractivity contribution in [2.24, 2.45) is 0 Å². The van der Waals surface area contributed by atoms with E-state index in [1.807, 2.05) is 0 Å². The number of esters is 1. The molecule has 5 heteroatoms. The van der Waals surface area contributed by atoms with Crippen LogP contribution in [-0.2, 0) is 4.74 Å². The summed E-state index contributed by atoms with van der Waals surface area (Å²) >= 11 is 0. The van der Waals surface area contributed by atoms with Crippen molar-refractivity contribution in [3.63, 3.8) is 0 Å². The predicted octanol–water partition coefficient (Wildman–Crippen LogP) is 1.33. The normalized spacial score (nSPS) is 10.5. The van der Waals surface area contributed by atoms with Crippen molar-refractivity contribution in [1.29, 1.82) is 0 Å². The number of ether oxygens (including phenoxy) is 1. The van der Waals surface area contributed by atoms with Gasteiger partial charge >= 0.3 is 5.97 Å². The van der Waals surface area contributed by atoms with Crippen LogP contribution >= 0.6 is 0 Å². The minimum Gasteiger partial charge on any atom is -0.465 e. The van der Waals surface area contributed by atoms with Crippen molar-refractivity contribution in [3.05, 3.63) is 39.3 Å². The zero-order valence-electron chi connectivity index (χ0n) is 9.83. The first-order valence-corrected chi connectivity index (χ1v) is 5.12. The van der Waals surface area contributed by atoms with Gasteiger partial charge in [-0.1, -0.05) is 0 Å². The molecular weight excluding hydrogens is 220 g/mol. The Hall–Kier alpha value is -2.17. The number of methoxy groups -OCH3 is 1. The third-order valence-electron chi connectivity index (χ3n) is 2.61. The highest BCUT2D eigenvalue weighted by molar-refractivity contribution is 5.95. The number of nitrogens with one attached hydrogen (secondary N) is 1. The average Bonchev–Trinajstić information content (AvgIpc) is 2.30. The van der Waals surface area contributed by atoms with Crippen molar-refractivity contribution in [2.45, 2.75) is 13.8 Å². The number of hydrogen-bond donors (Lipinski definition) is 1. The lowest BCUT2D eigenvalue weighted by atomic mass is 10.1. The molecule has 5 nitrogen and oxygen atoms in total. The van der Waals surface area contributed by atoms with Gasteiger partial charge in [-0.15, -0.1) is 0 Å². The summed E-state index contributed by atoms with van der Waals surface area (Å²) in [5.41, 5.74) is 2.54. The molecule has 0 atom stereocenters. The van der Waals surface area contributed by atoms with Gasteiger partial charge < -0.3 is 9.72 Å². The number of aryl methyl sites for hydroxylation is 2. The van der Waals surface area contributed by atoms with Crippen LogP contribution in [0.4, 0.5) is 0 Å².